The number of hydrogen-bond acceptors (Lipinski definition) is 2. The molecule has 1 aromatic heterocycles. The number of carbonyl (C=O) groups is 1. The molecule has 2 nitrogen and oxygen atoms in total. The van der Waals surface area contributed by atoms with Gasteiger partial charge in [0.15, 0.2) is 5.78 Å². The number of nitrogens with zero attached hydrogens (tertiary/aromatic N) is 1. The van der Waals surface area contributed by atoms with Crippen molar-refractivity contribution in [3.63, 3.8) is 0 Å². The molecule has 0 radical (unpaired) electrons. The first-order chi connectivity index (χ1) is 6.02. The van der Waals surface area contributed by atoms with Crippen LogP contribution in [0.2, 0.25) is 0 Å². The summed E-state index contributed by atoms with van der Waals surface area (Å²) < 4.78 is 0. The second-order valence-corrected chi connectivity index (χ2v) is 4.60. The summed E-state index contributed by atoms with van der Waals surface area (Å²) in [5, 5.41) is 0. The highest BCUT2D eigenvalue weighted by atomic mass is 16.1. The van der Waals surface area contributed by atoms with Gasteiger partial charge in [-0.15, -0.1) is 0 Å². The van der Waals surface area contributed by atoms with Gasteiger partial charge >= 0.3 is 0 Å². The van der Waals surface area contributed by atoms with Gasteiger partial charge in [-0.05, 0) is 17.0 Å². The molecule has 0 saturated carbocycles. The number of ketones is 1. The van der Waals surface area contributed by atoms with E-state index >= 15 is 0 Å². The maximum Gasteiger partial charge on any atom is 0.189 e. The highest BCUT2D eigenvalue weighted by molar-refractivity contribution is 6.09. The van der Waals surface area contributed by atoms with Crippen molar-refractivity contribution in [1.82, 2.24) is 4.98 Å². The van der Waals surface area contributed by atoms with Gasteiger partial charge in [0.25, 0.3) is 0 Å². The molecule has 1 atom stereocenters. The summed E-state index contributed by atoms with van der Waals surface area (Å²) in [5.74, 6) is 0.249. The van der Waals surface area contributed by atoms with E-state index in [4.69, 9.17) is 0 Å². The average Bonchev–Trinajstić information content (AvgIpc) is 2.00. The minimum atomic E-state index is 0.0209. The van der Waals surface area contributed by atoms with Crippen molar-refractivity contribution in [2.45, 2.75) is 26.7 Å². The zero-order valence-corrected chi connectivity index (χ0v) is 8.16. The van der Waals surface area contributed by atoms with E-state index in [1.54, 1.807) is 6.20 Å². The van der Waals surface area contributed by atoms with E-state index in [0.29, 0.717) is 5.69 Å². The monoisotopic (exact) mass is 175 g/mol. The summed E-state index contributed by atoms with van der Waals surface area (Å²) in [6, 6.07) is 3.89. The summed E-state index contributed by atoms with van der Waals surface area (Å²) >= 11 is 0. The summed E-state index contributed by atoms with van der Waals surface area (Å²) in [6.45, 7) is 6.27. The minimum Gasteiger partial charge on any atom is -0.292 e. The molecule has 0 amide bonds. The van der Waals surface area contributed by atoms with Crippen LogP contribution in [0.5, 0.6) is 0 Å². The highest BCUT2D eigenvalue weighted by Gasteiger charge is 2.44. The van der Waals surface area contributed by atoms with Crippen molar-refractivity contribution >= 4 is 5.78 Å². The van der Waals surface area contributed by atoms with Crippen molar-refractivity contribution in [2.75, 3.05) is 0 Å². The third-order valence-corrected chi connectivity index (χ3v) is 2.51. The Labute approximate surface area is 78.0 Å². The van der Waals surface area contributed by atoms with Crippen LogP contribution in [0.25, 0.3) is 0 Å². The molecular weight excluding hydrogens is 162 g/mol. The molecule has 68 valence electrons. The van der Waals surface area contributed by atoms with Crippen LogP contribution in [0, 0.1) is 5.41 Å². The maximum absolute atomic E-state index is 11.6. The molecular formula is C11H13NO. The molecule has 0 aromatic carbocycles. The van der Waals surface area contributed by atoms with Crippen LogP contribution < -0.4 is 0 Å². The van der Waals surface area contributed by atoms with Crippen molar-refractivity contribution in [1.29, 1.82) is 0 Å². The van der Waals surface area contributed by atoms with Gasteiger partial charge in [-0.25, -0.2) is 0 Å². The predicted molar refractivity (Wildman–Crippen MR) is 50.8 cm³/mol. The molecule has 1 aliphatic rings. The first-order valence-electron chi connectivity index (χ1n) is 4.51. The molecule has 0 fully saturated rings. The second-order valence-electron chi connectivity index (χ2n) is 4.60. The standard InChI is InChI=1S/C11H13NO/c1-11(2,3)8-7-5-4-6-12-9(7)10(8)13/h4-6,8H,1-3H3. The van der Waals surface area contributed by atoms with Gasteiger partial charge in [-0.1, -0.05) is 26.8 Å². The molecule has 0 aliphatic heterocycles. The first kappa shape index (κ1) is 8.42. The topological polar surface area (TPSA) is 30.0 Å². The number of fused-ring (bicyclic) bond motifs is 1. The number of pyridine rings is 1. The van der Waals surface area contributed by atoms with E-state index in [2.05, 4.69) is 25.8 Å². The van der Waals surface area contributed by atoms with Crippen LogP contribution in [0.1, 0.15) is 42.7 Å². The van der Waals surface area contributed by atoms with Gasteiger partial charge in [0.1, 0.15) is 5.69 Å². The van der Waals surface area contributed by atoms with Crippen LogP contribution >= 0.6 is 0 Å². The molecule has 1 heterocycles. The van der Waals surface area contributed by atoms with Gasteiger partial charge in [-0.3, -0.25) is 9.78 Å². The van der Waals surface area contributed by atoms with E-state index in [9.17, 15) is 4.79 Å². The maximum atomic E-state index is 11.6. The highest BCUT2D eigenvalue weighted by Crippen LogP contribution is 2.45. The molecule has 0 spiro atoms. The Hall–Kier alpha value is -1.18. The van der Waals surface area contributed by atoms with Gasteiger partial charge in [0, 0.05) is 6.20 Å². The Morgan fingerprint density at radius 2 is 2.08 bits per heavy atom. The van der Waals surface area contributed by atoms with Crippen LogP contribution in [0.4, 0.5) is 0 Å². The lowest BCUT2D eigenvalue weighted by atomic mass is 9.65. The molecule has 2 rings (SSSR count). The first-order valence-corrected chi connectivity index (χ1v) is 4.51. The number of carbonyl (C=O) groups excluding carboxylic acids is 1. The molecule has 0 saturated heterocycles. The van der Waals surface area contributed by atoms with Crippen LogP contribution in [-0.2, 0) is 0 Å². The third kappa shape index (κ3) is 1.09. The second kappa shape index (κ2) is 2.41. The van der Waals surface area contributed by atoms with Gasteiger partial charge in [0.2, 0.25) is 0 Å². The fourth-order valence-electron chi connectivity index (χ4n) is 1.92. The number of hydrogen-bond donors (Lipinski definition) is 0. The van der Waals surface area contributed by atoms with Gasteiger partial charge < -0.3 is 0 Å². The fourth-order valence-corrected chi connectivity index (χ4v) is 1.92. The Morgan fingerprint density at radius 1 is 1.38 bits per heavy atom. The number of Topliss-reactive ketones (excluding diaryl/α,β-unsaturated/α-hetero) is 1. The lowest BCUT2D eigenvalue weighted by Gasteiger charge is -2.37. The molecule has 1 aliphatic carbocycles. The van der Waals surface area contributed by atoms with Crippen LogP contribution in [0.3, 0.4) is 0 Å². The summed E-state index contributed by atoms with van der Waals surface area (Å²) in [4.78, 5) is 15.7. The fraction of sp³-hybridized carbons (Fsp3) is 0.455. The Morgan fingerprint density at radius 3 is 2.69 bits per heavy atom. The van der Waals surface area contributed by atoms with Crippen LogP contribution in [-0.4, -0.2) is 10.8 Å². The molecule has 1 aromatic rings. The van der Waals surface area contributed by atoms with Crippen molar-refractivity contribution in [2.24, 2.45) is 5.41 Å². The SMILES string of the molecule is CC(C)(C)C1C(=O)c2ncccc21. The molecule has 13 heavy (non-hydrogen) atoms. The van der Waals surface area contributed by atoms with Gasteiger partial charge in [0.05, 0.1) is 5.92 Å². The smallest absolute Gasteiger partial charge is 0.189 e. The molecule has 0 bridgehead atoms. The Kier molecular flexibility index (Phi) is 1.56. The quantitative estimate of drug-likeness (QED) is 0.606. The Bertz CT molecular complexity index is 363. The van der Waals surface area contributed by atoms with E-state index in [0.717, 1.165) is 5.56 Å². The third-order valence-electron chi connectivity index (χ3n) is 2.51. The van der Waals surface area contributed by atoms with Crippen molar-refractivity contribution in [3.05, 3.63) is 29.6 Å². The summed E-state index contributed by atoms with van der Waals surface area (Å²) in [7, 11) is 0. The van der Waals surface area contributed by atoms with Crippen LogP contribution in [0.15, 0.2) is 18.3 Å². The predicted octanol–water partition coefficient (Wildman–Crippen LogP) is 2.41. The Balaban J connectivity index is 2.46. The summed E-state index contributed by atoms with van der Waals surface area (Å²) in [6.07, 6.45) is 1.68. The van der Waals surface area contributed by atoms with Crippen molar-refractivity contribution in [3.8, 4) is 0 Å². The largest absolute Gasteiger partial charge is 0.292 e. The van der Waals surface area contributed by atoms with E-state index in [1.165, 1.54) is 0 Å². The average molecular weight is 175 g/mol. The lowest BCUT2D eigenvalue weighted by Crippen LogP contribution is -2.36. The van der Waals surface area contributed by atoms with E-state index < -0.39 is 0 Å². The van der Waals surface area contributed by atoms with E-state index in [-0.39, 0.29) is 17.1 Å². The normalized spacial score (nSPS) is 20.8. The number of rotatable bonds is 0. The lowest BCUT2D eigenvalue weighted by molar-refractivity contribution is 0.0843. The minimum absolute atomic E-state index is 0.0209. The molecule has 0 N–H and O–H groups in total. The molecule has 1 unspecified atom stereocenters. The summed E-state index contributed by atoms with van der Waals surface area (Å²) in [5.41, 5.74) is 1.80. The van der Waals surface area contributed by atoms with Crippen molar-refractivity contribution < 1.29 is 4.79 Å². The zero-order valence-electron chi connectivity index (χ0n) is 8.16. The molecule has 2 heteroatoms. The van der Waals surface area contributed by atoms with Gasteiger partial charge in [-0.2, -0.15) is 0 Å². The number of aromatic nitrogens is 1. The van der Waals surface area contributed by atoms with E-state index in [1.807, 2.05) is 12.1 Å². The zero-order chi connectivity index (χ0) is 9.64.